The van der Waals surface area contributed by atoms with E-state index in [4.69, 9.17) is 34.4 Å². The van der Waals surface area contributed by atoms with Crippen LogP contribution >= 0.6 is 0 Å². The summed E-state index contributed by atoms with van der Waals surface area (Å²) >= 11 is 0. The first-order valence-corrected chi connectivity index (χ1v) is 14.0. The Labute approximate surface area is 251 Å². The summed E-state index contributed by atoms with van der Waals surface area (Å²) in [5.41, 5.74) is 33.6. The molecular weight excluding hydrogens is 558 g/mol. The molecule has 1 rings (SSSR count). The Balaban J connectivity index is 3.04. The number of rotatable bonds is 19. The van der Waals surface area contributed by atoms with Crippen LogP contribution in [0.1, 0.15) is 51.5 Å². The van der Waals surface area contributed by atoms with Gasteiger partial charge in [-0.15, -0.1) is 0 Å². The summed E-state index contributed by atoms with van der Waals surface area (Å²) in [5, 5.41) is 17.5. The molecule has 0 unspecified atom stereocenters. The average molecular weight is 606 g/mol. The van der Waals surface area contributed by atoms with Crippen molar-refractivity contribution >= 4 is 35.5 Å². The van der Waals surface area contributed by atoms with Crippen molar-refractivity contribution in [2.75, 3.05) is 13.1 Å². The monoisotopic (exact) mass is 605 g/mol. The number of carbonyl (C=O) groups is 4. The van der Waals surface area contributed by atoms with Crippen molar-refractivity contribution in [1.82, 2.24) is 16.0 Å². The zero-order valence-electron chi connectivity index (χ0n) is 24.8. The number of nitrogens with one attached hydrogen (secondary N) is 3. The number of aromatic hydroxyl groups is 1. The topological polar surface area (TPSA) is 305 Å². The number of primary amides is 1. The normalized spacial score (nSPS) is 13.6. The number of hydrogen-bond donors (Lipinski definition) is 10. The van der Waals surface area contributed by atoms with Gasteiger partial charge in [0.05, 0.1) is 6.04 Å². The Bertz CT molecular complexity index is 1120. The van der Waals surface area contributed by atoms with Gasteiger partial charge in [-0.05, 0) is 55.7 Å². The largest absolute Gasteiger partial charge is 0.508 e. The number of benzene rings is 1. The number of guanidine groups is 2. The molecule has 16 heteroatoms. The van der Waals surface area contributed by atoms with Crippen molar-refractivity contribution in [3.8, 4) is 5.75 Å². The van der Waals surface area contributed by atoms with Gasteiger partial charge < -0.3 is 55.5 Å². The number of phenolic OH excluding ortho intramolecular Hbond substituents is 1. The Morgan fingerprint density at radius 3 is 1.74 bits per heavy atom. The van der Waals surface area contributed by atoms with E-state index in [1.807, 2.05) is 13.8 Å². The van der Waals surface area contributed by atoms with Crippen LogP contribution in [0.15, 0.2) is 34.3 Å². The predicted octanol–water partition coefficient (Wildman–Crippen LogP) is -2.65. The summed E-state index contributed by atoms with van der Waals surface area (Å²) in [6.45, 7) is 4.24. The average Bonchev–Trinajstić information content (AvgIpc) is 2.92. The van der Waals surface area contributed by atoms with Gasteiger partial charge in [-0.2, -0.15) is 0 Å². The number of aliphatic imine (C=N–C) groups is 2. The first-order valence-electron chi connectivity index (χ1n) is 14.0. The van der Waals surface area contributed by atoms with Gasteiger partial charge in [0, 0.05) is 19.5 Å². The van der Waals surface area contributed by atoms with Crippen LogP contribution in [0, 0.1) is 5.92 Å². The van der Waals surface area contributed by atoms with E-state index in [1.54, 1.807) is 12.1 Å². The summed E-state index contributed by atoms with van der Waals surface area (Å²) < 4.78 is 0. The van der Waals surface area contributed by atoms with Crippen molar-refractivity contribution in [3.63, 3.8) is 0 Å². The van der Waals surface area contributed by atoms with Gasteiger partial charge in [0.25, 0.3) is 0 Å². The highest BCUT2D eigenvalue weighted by Crippen LogP contribution is 2.12. The van der Waals surface area contributed by atoms with Crippen LogP contribution in [-0.2, 0) is 25.6 Å². The Kier molecular flexibility index (Phi) is 15.9. The molecule has 16 nitrogen and oxygen atoms in total. The number of hydrogen-bond acceptors (Lipinski definition) is 8. The highest BCUT2D eigenvalue weighted by molar-refractivity contribution is 5.94. The molecule has 240 valence electrons. The molecule has 4 amide bonds. The van der Waals surface area contributed by atoms with Crippen molar-refractivity contribution in [2.45, 2.75) is 76.5 Å². The number of phenols is 1. The highest BCUT2D eigenvalue weighted by atomic mass is 16.3. The Hall–Kier alpha value is -4.60. The van der Waals surface area contributed by atoms with E-state index < -0.39 is 47.8 Å². The van der Waals surface area contributed by atoms with Crippen LogP contribution in [-0.4, -0.2) is 77.9 Å². The minimum atomic E-state index is -1.11. The molecule has 1 aromatic carbocycles. The second kappa shape index (κ2) is 18.8. The van der Waals surface area contributed by atoms with Gasteiger partial charge in [-0.25, -0.2) is 0 Å². The van der Waals surface area contributed by atoms with Crippen molar-refractivity contribution in [3.05, 3.63) is 29.8 Å². The van der Waals surface area contributed by atoms with E-state index in [0.717, 1.165) is 0 Å². The molecule has 43 heavy (non-hydrogen) atoms. The van der Waals surface area contributed by atoms with Crippen molar-refractivity contribution < 1.29 is 24.3 Å². The number of nitrogens with zero attached hydrogens (tertiary/aromatic N) is 2. The maximum atomic E-state index is 13.4. The van der Waals surface area contributed by atoms with Gasteiger partial charge >= 0.3 is 0 Å². The number of carbonyl (C=O) groups excluding carboxylic acids is 4. The molecule has 16 N–H and O–H groups in total. The van der Waals surface area contributed by atoms with Crippen LogP contribution < -0.4 is 50.4 Å². The molecule has 0 aromatic heterocycles. The summed E-state index contributed by atoms with van der Waals surface area (Å²) in [6, 6.07) is 1.97. The number of nitrogens with two attached hydrogens (primary N) is 6. The fraction of sp³-hybridized carbons (Fsp3) is 0.556. The molecule has 1 aromatic rings. The van der Waals surface area contributed by atoms with Gasteiger partial charge in [-0.3, -0.25) is 29.2 Å². The minimum Gasteiger partial charge on any atom is -0.508 e. The Morgan fingerprint density at radius 1 is 0.744 bits per heavy atom. The van der Waals surface area contributed by atoms with Crippen LogP contribution in [0.2, 0.25) is 0 Å². The molecule has 0 bridgehead atoms. The van der Waals surface area contributed by atoms with E-state index in [1.165, 1.54) is 12.1 Å². The zero-order valence-corrected chi connectivity index (χ0v) is 24.8. The molecule has 0 aliphatic rings. The third-order valence-corrected chi connectivity index (χ3v) is 6.26. The van der Waals surface area contributed by atoms with E-state index in [9.17, 15) is 24.3 Å². The molecule has 0 saturated heterocycles. The lowest BCUT2D eigenvalue weighted by Crippen LogP contribution is -2.58. The first kappa shape index (κ1) is 36.4. The molecule has 0 saturated carbocycles. The second-order valence-corrected chi connectivity index (χ2v) is 10.6. The van der Waals surface area contributed by atoms with E-state index in [-0.39, 0.29) is 55.8 Å². The fourth-order valence-corrected chi connectivity index (χ4v) is 4.04. The third-order valence-electron chi connectivity index (χ3n) is 6.26. The first-order chi connectivity index (χ1) is 20.2. The molecular formula is C27H47N11O5. The summed E-state index contributed by atoms with van der Waals surface area (Å²) in [6.07, 6.45) is 1.50. The standard InChI is InChI=1S/C27H47N11O5/c1-15(2)13-21(38-23(41)18(28)5-3-11-34-26(30)31)25(43)36-19(6-4-12-35-27(32)33)24(42)37-20(22(29)40)14-16-7-9-17(39)10-8-16/h7-10,15,18-21,39H,3-6,11-14,28H2,1-2H3,(H2,29,40)(H,36,43)(H,37,42)(H,38,41)(H4,30,31,34)(H4,32,33,35)/t18-,19-,20-,21-/m0/s1. The van der Waals surface area contributed by atoms with Gasteiger partial charge in [0.1, 0.15) is 23.9 Å². The third kappa shape index (κ3) is 15.3. The second-order valence-electron chi connectivity index (χ2n) is 10.6. The molecule has 0 radical (unpaired) electrons. The molecule has 0 fully saturated rings. The maximum absolute atomic E-state index is 13.4. The zero-order chi connectivity index (χ0) is 32.5. The van der Waals surface area contributed by atoms with Crippen molar-refractivity contribution in [1.29, 1.82) is 0 Å². The smallest absolute Gasteiger partial charge is 0.243 e. The van der Waals surface area contributed by atoms with Crippen molar-refractivity contribution in [2.24, 2.45) is 50.3 Å². The van der Waals surface area contributed by atoms with E-state index in [2.05, 4.69) is 25.9 Å². The lowest BCUT2D eigenvalue weighted by molar-refractivity contribution is -0.134. The quantitative estimate of drug-likeness (QED) is 0.0443. The predicted molar refractivity (Wildman–Crippen MR) is 164 cm³/mol. The highest BCUT2D eigenvalue weighted by Gasteiger charge is 2.30. The molecule has 0 aliphatic heterocycles. The summed E-state index contributed by atoms with van der Waals surface area (Å²) in [4.78, 5) is 59.5. The molecule has 4 atom stereocenters. The molecule has 0 spiro atoms. The minimum absolute atomic E-state index is 0.00726. The van der Waals surface area contributed by atoms with E-state index in [0.29, 0.717) is 24.9 Å². The number of amides is 4. The SMILES string of the molecule is CC(C)C[C@H](NC(=O)[C@@H](N)CCCN=C(N)N)C(=O)N[C@@H](CCCN=C(N)N)C(=O)N[C@@H](Cc1ccc(O)cc1)C(N)=O. The lowest BCUT2D eigenvalue weighted by Gasteiger charge is -2.26. The van der Waals surface area contributed by atoms with Gasteiger partial charge in [0.2, 0.25) is 23.6 Å². The van der Waals surface area contributed by atoms with Gasteiger partial charge in [0.15, 0.2) is 11.9 Å². The lowest BCUT2D eigenvalue weighted by atomic mass is 10.0. The molecule has 0 aliphatic carbocycles. The van der Waals surface area contributed by atoms with Gasteiger partial charge in [-0.1, -0.05) is 26.0 Å². The summed E-state index contributed by atoms with van der Waals surface area (Å²) in [5.74, 6) is -2.73. The fourth-order valence-electron chi connectivity index (χ4n) is 4.04. The molecule has 0 heterocycles. The van der Waals surface area contributed by atoms with Crippen LogP contribution in [0.4, 0.5) is 0 Å². The maximum Gasteiger partial charge on any atom is 0.243 e. The van der Waals surface area contributed by atoms with Crippen LogP contribution in [0.25, 0.3) is 0 Å². The van der Waals surface area contributed by atoms with Crippen LogP contribution in [0.3, 0.4) is 0 Å². The van der Waals surface area contributed by atoms with E-state index >= 15 is 0 Å². The Morgan fingerprint density at radius 2 is 1.23 bits per heavy atom. The van der Waals surface area contributed by atoms with Crippen LogP contribution in [0.5, 0.6) is 5.75 Å². The summed E-state index contributed by atoms with van der Waals surface area (Å²) in [7, 11) is 0.